The molecular formula is C30H44O5. The van der Waals surface area contributed by atoms with Crippen LogP contribution in [-0.2, 0) is 14.3 Å². The van der Waals surface area contributed by atoms with Crippen molar-refractivity contribution < 1.29 is 24.5 Å². The highest BCUT2D eigenvalue weighted by molar-refractivity contribution is 5.96. The van der Waals surface area contributed by atoms with Crippen molar-refractivity contribution in [3.05, 3.63) is 11.6 Å². The molecule has 0 amide bonds. The number of ketones is 1. The van der Waals surface area contributed by atoms with Crippen molar-refractivity contribution in [2.45, 2.75) is 105 Å². The van der Waals surface area contributed by atoms with E-state index in [1.807, 2.05) is 6.08 Å². The number of carboxylic acid groups (broad SMARTS) is 1. The third-order valence-electron chi connectivity index (χ3n) is 13.3. The molecule has 6 fully saturated rings. The smallest absolute Gasteiger partial charge is 0.310 e. The van der Waals surface area contributed by atoms with Crippen LogP contribution < -0.4 is 0 Å². The largest absolute Gasteiger partial charge is 0.481 e. The summed E-state index contributed by atoms with van der Waals surface area (Å²) in [4.78, 5) is 27.1. The molecule has 0 aromatic carbocycles. The number of hydrogen-bond acceptors (Lipinski definition) is 4. The number of aliphatic hydroxyl groups is 1. The lowest BCUT2D eigenvalue weighted by molar-refractivity contribution is -0.391. The van der Waals surface area contributed by atoms with Gasteiger partial charge >= 0.3 is 5.97 Å². The fourth-order valence-electron chi connectivity index (χ4n) is 10.8. The normalized spacial score (nSPS) is 53.5. The first-order valence-electron chi connectivity index (χ1n) is 13.9. The highest BCUT2D eigenvalue weighted by Gasteiger charge is 2.76. The number of rotatable bonds is 1. The molecule has 5 aliphatic carbocycles. The van der Waals surface area contributed by atoms with Crippen molar-refractivity contribution in [1.82, 2.24) is 0 Å². The summed E-state index contributed by atoms with van der Waals surface area (Å²) in [6, 6.07) is 0. The maximum absolute atomic E-state index is 14.3. The first-order chi connectivity index (χ1) is 16.1. The zero-order valence-electron chi connectivity index (χ0n) is 22.5. The Morgan fingerprint density at radius 1 is 0.971 bits per heavy atom. The summed E-state index contributed by atoms with van der Waals surface area (Å²) in [5.74, 6) is -1.54. The number of hydrogen-bond donors (Lipinski definition) is 2. The molecule has 2 heterocycles. The second-order valence-electron chi connectivity index (χ2n) is 15.2. The van der Waals surface area contributed by atoms with Gasteiger partial charge in [-0.15, -0.1) is 0 Å². The van der Waals surface area contributed by atoms with Gasteiger partial charge in [0.1, 0.15) is 0 Å². The molecule has 0 radical (unpaired) electrons. The number of carbonyl (C=O) groups is 2. The van der Waals surface area contributed by atoms with Crippen molar-refractivity contribution in [3.8, 4) is 0 Å². The molecule has 7 rings (SSSR count). The van der Waals surface area contributed by atoms with E-state index in [4.69, 9.17) is 4.74 Å². The summed E-state index contributed by atoms with van der Waals surface area (Å²) < 4.78 is 6.22. The lowest BCUT2D eigenvalue weighted by Gasteiger charge is -2.74. The molecule has 194 valence electrons. The van der Waals surface area contributed by atoms with Gasteiger partial charge in [-0.3, -0.25) is 9.59 Å². The molecule has 2 aliphatic heterocycles. The van der Waals surface area contributed by atoms with Gasteiger partial charge in [-0.1, -0.05) is 47.1 Å². The number of carboxylic acids is 1. The summed E-state index contributed by atoms with van der Waals surface area (Å²) in [5.41, 5.74) is -0.599. The standard InChI is InChI=1S/C30H44O5/c1-24(2)9-11-28(23(32)33)12-10-26(5)18(19(28)16-24)15-20(31)22-27(26,6)8-7-21-25(3,4)30(34)14-13-29(21,22)17-35-30/h15,19,21-22,34H,7-14,16-17H2,1-6H3,(H,32,33). The molecule has 1 spiro atoms. The number of carbonyl (C=O) groups excluding carboxylic acids is 1. The highest BCUT2D eigenvalue weighted by Crippen LogP contribution is 2.77. The van der Waals surface area contributed by atoms with Crippen LogP contribution in [-0.4, -0.2) is 34.4 Å². The topological polar surface area (TPSA) is 83.8 Å². The van der Waals surface area contributed by atoms with Crippen LogP contribution in [0.4, 0.5) is 0 Å². The molecule has 0 aromatic rings. The van der Waals surface area contributed by atoms with Gasteiger partial charge in [0.05, 0.1) is 12.0 Å². The van der Waals surface area contributed by atoms with Crippen molar-refractivity contribution in [2.24, 2.45) is 50.2 Å². The lowest BCUT2D eigenvalue weighted by Crippen LogP contribution is -2.74. The SMILES string of the molecule is CC1(C)CCC2(C(=O)O)CCC3(C)C(=CC(=O)C4C56CCC(O)(OC5)C(C)(C)C6CCC43C)C2C1. The molecule has 2 bridgehead atoms. The van der Waals surface area contributed by atoms with Crippen LogP contribution in [0.1, 0.15) is 99.3 Å². The van der Waals surface area contributed by atoms with Gasteiger partial charge in [0, 0.05) is 23.2 Å². The number of aliphatic carboxylic acids is 1. The average Bonchev–Trinajstić information content (AvgIpc) is 2.76. The first kappa shape index (κ1) is 24.2. The van der Waals surface area contributed by atoms with Crippen LogP contribution >= 0.6 is 0 Å². The number of allylic oxidation sites excluding steroid dienone is 2. The van der Waals surface area contributed by atoms with Gasteiger partial charge in [0.15, 0.2) is 11.6 Å². The van der Waals surface area contributed by atoms with Crippen LogP contribution in [0.5, 0.6) is 0 Å². The quantitative estimate of drug-likeness (QED) is 0.495. The summed E-state index contributed by atoms with van der Waals surface area (Å²) in [5, 5.41) is 21.8. The van der Waals surface area contributed by atoms with Gasteiger partial charge in [0.25, 0.3) is 0 Å². The van der Waals surface area contributed by atoms with E-state index < -0.39 is 22.6 Å². The van der Waals surface area contributed by atoms with E-state index in [1.165, 1.54) is 0 Å². The third-order valence-corrected chi connectivity index (χ3v) is 13.3. The fraction of sp³-hybridized carbons (Fsp3) is 0.867. The average molecular weight is 485 g/mol. The van der Waals surface area contributed by atoms with Crippen molar-refractivity contribution >= 4 is 11.8 Å². The van der Waals surface area contributed by atoms with Gasteiger partial charge in [-0.2, -0.15) is 0 Å². The monoisotopic (exact) mass is 484 g/mol. The molecular weight excluding hydrogens is 440 g/mol. The molecule has 7 aliphatic rings. The summed E-state index contributed by atoms with van der Waals surface area (Å²) >= 11 is 0. The van der Waals surface area contributed by atoms with Gasteiger partial charge in [-0.25, -0.2) is 0 Å². The summed E-state index contributed by atoms with van der Waals surface area (Å²) in [6.45, 7) is 13.9. The van der Waals surface area contributed by atoms with Crippen molar-refractivity contribution in [3.63, 3.8) is 0 Å². The lowest BCUT2D eigenvalue weighted by atomic mass is 9.32. The van der Waals surface area contributed by atoms with E-state index in [1.54, 1.807) is 0 Å². The Morgan fingerprint density at radius 2 is 1.66 bits per heavy atom. The first-order valence-corrected chi connectivity index (χ1v) is 13.9. The molecule has 2 N–H and O–H groups in total. The summed E-state index contributed by atoms with van der Waals surface area (Å²) in [6.07, 6.45) is 9.29. The highest BCUT2D eigenvalue weighted by atomic mass is 16.6. The molecule has 5 nitrogen and oxygen atoms in total. The zero-order valence-corrected chi connectivity index (χ0v) is 22.5. The van der Waals surface area contributed by atoms with Crippen LogP contribution in [0.3, 0.4) is 0 Å². The van der Waals surface area contributed by atoms with E-state index in [0.717, 1.165) is 44.1 Å². The Hall–Kier alpha value is -1.20. The van der Waals surface area contributed by atoms with Gasteiger partial charge in [-0.05, 0) is 85.5 Å². The molecule has 2 saturated heterocycles. The van der Waals surface area contributed by atoms with Gasteiger partial charge < -0.3 is 14.9 Å². The molecule has 5 heteroatoms. The maximum atomic E-state index is 14.3. The fourth-order valence-corrected chi connectivity index (χ4v) is 10.8. The Kier molecular flexibility index (Phi) is 4.57. The predicted molar refractivity (Wildman–Crippen MR) is 132 cm³/mol. The molecule has 8 atom stereocenters. The molecule has 4 saturated carbocycles. The minimum absolute atomic E-state index is 0.0741. The summed E-state index contributed by atoms with van der Waals surface area (Å²) in [7, 11) is 0. The van der Waals surface area contributed by atoms with E-state index >= 15 is 0 Å². The molecule has 8 unspecified atom stereocenters. The van der Waals surface area contributed by atoms with Crippen LogP contribution in [0.25, 0.3) is 0 Å². The van der Waals surface area contributed by atoms with E-state index in [2.05, 4.69) is 41.5 Å². The van der Waals surface area contributed by atoms with Crippen LogP contribution in [0.15, 0.2) is 11.6 Å². The Bertz CT molecular complexity index is 1030. The number of fused-ring (bicyclic) bond motifs is 7. The van der Waals surface area contributed by atoms with Crippen molar-refractivity contribution in [2.75, 3.05) is 6.61 Å². The second-order valence-corrected chi connectivity index (χ2v) is 15.2. The molecule has 35 heavy (non-hydrogen) atoms. The van der Waals surface area contributed by atoms with Crippen LogP contribution in [0, 0.1) is 50.2 Å². The Morgan fingerprint density at radius 3 is 2.29 bits per heavy atom. The second kappa shape index (κ2) is 6.62. The zero-order chi connectivity index (χ0) is 25.4. The van der Waals surface area contributed by atoms with E-state index in [-0.39, 0.29) is 45.2 Å². The maximum Gasteiger partial charge on any atom is 0.310 e. The minimum Gasteiger partial charge on any atom is -0.481 e. The van der Waals surface area contributed by atoms with Crippen LogP contribution in [0.2, 0.25) is 0 Å². The van der Waals surface area contributed by atoms with E-state index in [0.29, 0.717) is 25.9 Å². The Balaban J connectivity index is 1.50. The van der Waals surface area contributed by atoms with Gasteiger partial charge in [0.2, 0.25) is 0 Å². The minimum atomic E-state index is -1.10. The van der Waals surface area contributed by atoms with Crippen molar-refractivity contribution in [1.29, 1.82) is 0 Å². The van der Waals surface area contributed by atoms with E-state index in [9.17, 15) is 19.8 Å². The predicted octanol–water partition coefficient (Wildman–Crippen LogP) is 5.75. The Labute approximate surface area is 210 Å². The third kappa shape index (κ3) is 2.58. The number of ether oxygens (including phenoxy) is 1. The molecule has 0 aromatic heterocycles.